The van der Waals surface area contributed by atoms with Crippen LogP contribution in [0.3, 0.4) is 0 Å². The third kappa shape index (κ3) is 5.20. The first-order valence-corrected chi connectivity index (χ1v) is 10.2. The molecule has 2 aromatic heterocycles. The molecule has 2 N–H and O–H groups in total. The number of anilines is 1. The quantitative estimate of drug-likeness (QED) is 0.491. The summed E-state index contributed by atoms with van der Waals surface area (Å²) in [6, 6.07) is 2.65. The molecule has 2 heterocycles. The minimum absolute atomic E-state index is 0.382. The van der Waals surface area contributed by atoms with Gasteiger partial charge >= 0.3 is 0 Å². The molecule has 0 saturated heterocycles. The van der Waals surface area contributed by atoms with Crippen LogP contribution in [0.2, 0.25) is 0 Å². The van der Waals surface area contributed by atoms with Gasteiger partial charge in [0.15, 0.2) is 0 Å². The lowest BCUT2D eigenvalue weighted by Crippen LogP contribution is -2.09. The summed E-state index contributed by atoms with van der Waals surface area (Å²) in [6.45, 7) is 4.49. The second-order valence-electron chi connectivity index (χ2n) is 7.23. The first kappa shape index (κ1) is 20.2. The fourth-order valence-corrected chi connectivity index (χ4v) is 3.68. The first-order chi connectivity index (χ1) is 12.7. The second kappa shape index (κ2) is 10.8. The summed E-state index contributed by atoms with van der Waals surface area (Å²) in [5.74, 6) is 0.401. The third-order valence-corrected chi connectivity index (χ3v) is 5.18. The summed E-state index contributed by atoms with van der Waals surface area (Å²) in [5, 5.41) is 10.2. The molecule has 0 saturated carbocycles. The lowest BCUT2D eigenvalue weighted by molar-refractivity contribution is 0.403. The SMILES string of the molecule is CCCCCCCC(CCCCCC)n1cc(C#N)c2c(N)ncnc21. The van der Waals surface area contributed by atoms with E-state index in [9.17, 15) is 5.26 Å². The summed E-state index contributed by atoms with van der Waals surface area (Å²) >= 11 is 0. The van der Waals surface area contributed by atoms with E-state index < -0.39 is 0 Å². The van der Waals surface area contributed by atoms with Crippen LogP contribution < -0.4 is 5.73 Å². The minimum Gasteiger partial charge on any atom is -0.383 e. The number of nitrogens with zero attached hydrogens (tertiary/aromatic N) is 4. The Morgan fingerprint density at radius 1 is 1.00 bits per heavy atom. The molecule has 2 aromatic rings. The number of hydrogen-bond acceptors (Lipinski definition) is 4. The van der Waals surface area contributed by atoms with Gasteiger partial charge < -0.3 is 10.3 Å². The van der Waals surface area contributed by atoms with Crippen LogP contribution in [-0.2, 0) is 0 Å². The molecule has 0 aliphatic heterocycles. The summed E-state index contributed by atoms with van der Waals surface area (Å²) in [7, 11) is 0. The number of nitrogens with two attached hydrogens (primary N) is 1. The lowest BCUT2D eigenvalue weighted by Gasteiger charge is -2.20. The molecule has 2 rings (SSSR count). The Morgan fingerprint density at radius 3 is 2.23 bits per heavy atom. The standard InChI is InChI=1S/C21H33N5/c1-3-5-7-9-11-13-18(12-10-8-6-4-2)26-15-17(14-22)19-20(23)24-16-25-21(19)26/h15-16,18H,3-13H2,1-2H3,(H2,23,24,25). The van der Waals surface area contributed by atoms with Crippen LogP contribution in [0.15, 0.2) is 12.5 Å². The van der Waals surface area contributed by atoms with Crippen LogP contribution in [0.4, 0.5) is 5.82 Å². The van der Waals surface area contributed by atoms with E-state index in [1.165, 1.54) is 64.1 Å². The topological polar surface area (TPSA) is 80.5 Å². The molecule has 0 aliphatic carbocycles. The molecule has 5 heteroatoms. The Balaban J connectivity index is 2.19. The van der Waals surface area contributed by atoms with E-state index in [0.717, 1.165) is 18.5 Å². The number of nitrogen functional groups attached to an aromatic ring is 1. The summed E-state index contributed by atoms with van der Waals surface area (Å²) < 4.78 is 2.19. The highest BCUT2D eigenvalue weighted by molar-refractivity contribution is 5.91. The molecule has 0 aromatic carbocycles. The van der Waals surface area contributed by atoms with Gasteiger partial charge in [0.05, 0.1) is 10.9 Å². The molecule has 0 amide bonds. The molecular formula is C21H33N5. The number of hydrogen-bond donors (Lipinski definition) is 1. The van der Waals surface area contributed by atoms with Gasteiger partial charge in [0, 0.05) is 12.2 Å². The number of rotatable bonds is 12. The summed E-state index contributed by atoms with van der Waals surface area (Å²) in [6.07, 6.45) is 17.1. The van der Waals surface area contributed by atoms with E-state index in [1.807, 2.05) is 6.20 Å². The fraction of sp³-hybridized carbons (Fsp3) is 0.667. The van der Waals surface area contributed by atoms with Crippen molar-refractivity contribution in [2.24, 2.45) is 0 Å². The van der Waals surface area contributed by atoms with Gasteiger partial charge in [-0.2, -0.15) is 5.26 Å². The normalized spacial score (nSPS) is 12.3. The number of fused-ring (bicyclic) bond motifs is 1. The maximum absolute atomic E-state index is 9.50. The van der Waals surface area contributed by atoms with Gasteiger partial charge in [-0.1, -0.05) is 71.6 Å². The Labute approximate surface area is 157 Å². The summed E-state index contributed by atoms with van der Waals surface area (Å²) in [4.78, 5) is 8.53. The van der Waals surface area contributed by atoms with Gasteiger partial charge in [-0.05, 0) is 12.8 Å². The zero-order chi connectivity index (χ0) is 18.8. The average Bonchev–Trinajstić information content (AvgIpc) is 3.03. The lowest BCUT2D eigenvalue weighted by atomic mass is 10.0. The number of nitriles is 1. The first-order valence-electron chi connectivity index (χ1n) is 10.2. The van der Waals surface area contributed by atoms with Gasteiger partial charge in [-0.3, -0.25) is 0 Å². The molecule has 1 atom stereocenters. The van der Waals surface area contributed by atoms with Crippen molar-refractivity contribution in [2.75, 3.05) is 5.73 Å². The zero-order valence-electron chi connectivity index (χ0n) is 16.4. The fourth-order valence-electron chi connectivity index (χ4n) is 3.68. The molecular weight excluding hydrogens is 322 g/mol. The maximum Gasteiger partial charge on any atom is 0.147 e. The molecule has 0 fully saturated rings. The van der Waals surface area contributed by atoms with Crippen molar-refractivity contribution in [1.29, 1.82) is 5.26 Å². The molecule has 0 spiro atoms. The van der Waals surface area contributed by atoms with Gasteiger partial charge in [0.2, 0.25) is 0 Å². The molecule has 0 aliphatic rings. The van der Waals surface area contributed by atoms with E-state index in [1.54, 1.807) is 0 Å². The monoisotopic (exact) mass is 355 g/mol. The van der Waals surface area contributed by atoms with Crippen LogP contribution >= 0.6 is 0 Å². The van der Waals surface area contributed by atoms with Crippen molar-refractivity contribution in [1.82, 2.24) is 14.5 Å². The van der Waals surface area contributed by atoms with Crippen molar-refractivity contribution in [3.05, 3.63) is 18.1 Å². The molecule has 1 unspecified atom stereocenters. The van der Waals surface area contributed by atoms with Gasteiger partial charge in [0.25, 0.3) is 0 Å². The smallest absolute Gasteiger partial charge is 0.147 e. The van der Waals surface area contributed by atoms with Crippen LogP contribution in [0.5, 0.6) is 0 Å². The van der Waals surface area contributed by atoms with Crippen LogP contribution in [0.25, 0.3) is 11.0 Å². The summed E-state index contributed by atoms with van der Waals surface area (Å²) in [5.41, 5.74) is 7.42. The Hall–Kier alpha value is -2.09. The van der Waals surface area contributed by atoms with Crippen LogP contribution in [-0.4, -0.2) is 14.5 Å². The van der Waals surface area contributed by atoms with E-state index in [0.29, 0.717) is 22.8 Å². The third-order valence-electron chi connectivity index (χ3n) is 5.18. The van der Waals surface area contributed by atoms with E-state index >= 15 is 0 Å². The molecule has 142 valence electrons. The van der Waals surface area contributed by atoms with Crippen molar-refractivity contribution in [3.8, 4) is 6.07 Å². The Morgan fingerprint density at radius 2 is 1.62 bits per heavy atom. The molecule has 0 bridgehead atoms. The van der Waals surface area contributed by atoms with E-state index in [-0.39, 0.29) is 0 Å². The predicted molar refractivity (Wildman–Crippen MR) is 108 cm³/mol. The maximum atomic E-state index is 9.50. The highest BCUT2D eigenvalue weighted by Crippen LogP contribution is 2.31. The largest absolute Gasteiger partial charge is 0.383 e. The van der Waals surface area contributed by atoms with Gasteiger partial charge in [0.1, 0.15) is 23.9 Å². The average molecular weight is 356 g/mol. The van der Waals surface area contributed by atoms with Crippen molar-refractivity contribution in [3.63, 3.8) is 0 Å². The second-order valence-corrected chi connectivity index (χ2v) is 7.23. The van der Waals surface area contributed by atoms with Gasteiger partial charge in [-0.15, -0.1) is 0 Å². The van der Waals surface area contributed by atoms with Crippen molar-refractivity contribution < 1.29 is 0 Å². The molecule has 0 radical (unpaired) electrons. The Kier molecular flexibility index (Phi) is 8.40. The number of aromatic nitrogens is 3. The predicted octanol–water partition coefficient (Wildman–Crippen LogP) is 5.76. The molecule has 5 nitrogen and oxygen atoms in total. The number of unbranched alkanes of at least 4 members (excludes halogenated alkanes) is 7. The van der Waals surface area contributed by atoms with Crippen molar-refractivity contribution in [2.45, 2.75) is 90.5 Å². The van der Waals surface area contributed by atoms with E-state index in [2.05, 4.69) is 34.5 Å². The van der Waals surface area contributed by atoms with Crippen molar-refractivity contribution >= 4 is 16.9 Å². The van der Waals surface area contributed by atoms with Crippen LogP contribution in [0.1, 0.15) is 96.1 Å². The van der Waals surface area contributed by atoms with E-state index in [4.69, 9.17) is 5.73 Å². The van der Waals surface area contributed by atoms with Crippen LogP contribution in [0, 0.1) is 11.3 Å². The molecule has 26 heavy (non-hydrogen) atoms. The zero-order valence-corrected chi connectivity index (χ0v) is 16.4. The minimum atomic E-state index is 0.382. The highest BCUT2D eigenvalue weighted by atomic mass is 15.1. The highest BCUT2D eigenvalue weighted by Gasteiger charge is 2.19. The Bertz CT molecular complexity index is 713. The van der Waals surface area contributed by atoms with Gasteiger partial charge in [-0.25, -0.2) is 9.97 Å².